The van der Waals surface area contributed by atoms with E-state index in [2.05, 4.69) is 5.32 Å². The van der Waals surface area contributed by atoms with Crippen LogP contribution in [0.1, 0.15) is 31.9 Å². The molecule has 2 aromatic rings. The van der Waals surface area contributed by atoms with Crippen LogP contribution in [0.3, 0.4) is 0 Å². The van der Waals surface area contributed by atoms with Gasteiger partial charge in [-0.3, -0.25) is 4.79 Å². The molecule has 0 saturated heterocycles. The molecule has 178 valence electrons. The standard InChI is InChI=1S/C23H26Cl2N2O5S/c1-5-27(6-2)33(30,31)21-14-19(11-7-15(21)3)26-23(29)16(4)32-22(28)12-9-17-8-10-18(24)13-20(17)25/h7-14,16H,5-6H2,1-4H3,(H,26,29)/b12-9+. The number of rotatable bonds is 9. The van der Waals surface area contributed by atoms with Crippen molar-refractivity contribution in [3.05, 3.63) is 63.6 Å². The van der Waals surface area contributed by atoms with Crippen molar-refractivity contribution >= 4 is 56.9 Å². The summed E-state index contributed by atoms with van der Waals surface area (Å²) in [6.07, 6.45) is 1.49. The fraction of sp³-hybridized carbons (Fsp3) is 0.304. The lowest BCUT2D eigenvalue weighted by molar-refractivity contribution is -0.148. The number of aryl methyl sites for hydroxylation is 1. The van der Waals surface area contributed by atoms with E-state index in [1.807, 2.05) is 0 Å². The molecule has 2 rings (SSSR count). The van der Waals surface area contributed by atoms with Crippen LogP contribution in [0.5, 0.6) is 0 Å². The van der Waals surface area contributed by atoms with Gasteiger partial charge in [-0.1, -0.05) is 49.2 Å². The summed E-state index contributed by atoms with van der Waals surface area (Å²) in [5.41, 5.74) is 1.41. The lowest BCUT2D eigenvalue weighted by Crippen LogP contribution is -2.31. The number of nitrogens with one attached hydrogen (secondary N) is 1. The summed E-state index contributed by atoms with van der Waals surface area (Å²) >= 11 is 11.9. The second-order valence-electron chi connectivity index (χ2n) is 7.14. The third-order valence-electron chi connectivity index (χ3n) is 4.80. The minimum atomic E-state index is -3.70. The predicted octanol–water partition coefficient (Wildman–Crippen LogP) is 4.92. The van der Waals surface area contributed by atoms with E-state index < -0.39 is 28.0 Å². The molecule has 10 heteroatoms. The Balaban J connectivity index is 2.08. The highest BCUT2D eigenvalue weighted by Gasteiger charge is 2.24. The molecule has 0 fully saturated rings. The van der Waals surface area contributed by atoms with Crippen LogP contribution in [0.15, 0.2) is 47.4 Å². The Morgan fingerprint density at radius 3 is 2.39 bits per heavy atom. The Morgan fingerprint density at radius 1 is 1.12 bits per heavy atom. The molecule has 1 unspecified atom stereocenters. The molecule has 0 heterocycles. The number of carbonyl (C=O) groups excluding carboxylic acids is 2. The van der Waals surface area contributed by atoms with Crippen LogP contribution in [0.4, 0.5) is 5.69 Å². The van der Waals surface area contributed by atoms with Crippen LogP contribution >= 0.6 is 23.2 Å². The van der Waals surface area contributed by atoms with Gasteiger partial charge in [-0.05, 0) is 55.3 Å². The zero-order chi connectivity index (χ0) is 24.8. The van der Waals surface area contributed by atoms with Gasteiger partial charge in [-0.2, -0.15) is 4.31 Å². The van der Waals surface area contributed by atoms with Crippen molar-refractivity contribution in [3.63, 3.8) is 0 Å². The maximum absolute atomic E-state index is 12.9. The number of halogens is 2. The summed E-state index contributed by atoms with van der Waals surface area (Å²) in [6.45, 7) is 7.28. The van der Waals surface area contributed by atoms with Gasteiger partial charge in [0.1, 0.15) is 0 Å². The number of carbonyl (C=O) groups is 2. The zero-order valence-electron chi connectivity index (χ0n) is 18.8. The number of sulfonamides is 1. The highest BCUT2D eigenvalue weighted by atomic mass is 35.5. The molecule has 0 aliphatic rings. The van der Waals surface area contributed by atoms with Crippen molar-refractivity contribution in [2.75, 3.05) is 18.4 Å². The van der Waals surface area contributed by atoms with Crippen LogP contribution in [0, 0.1) is 6.92 Å². The van der Waals surface area contributed by atoms with Crippen molar-refractivity contribution in [3.8, 4) is 0 Å². The summed E-state index contributed by atoms with van der Waals surface area (Å²) in [7, 11) is -3.70. The van der Waals surface area contributed by atoms with Crippen LogP contribution < -0.4 is 5.32 Å². The molecule has 33 heavy (non-hydrogen) atoms. The number of hydrogen-bond acceptors (Lipinski definition) is 5. The van der Waals surface area contributed by atoms with E-state index >= 15 is 0 Å². The Bertz CT molecular complexity index is 1160. The highest BCUT2D eigenvalue weighted by molar-refractivity contribution is 7.89. The number of anilines is 1. The quantitative estimate of drug-likeness (QED) is 0.380. The van der Waals surface area contributed by atoms with Gasteiger partial charge in [0.15, 0.2) is 6.10 Å². The summed E-state index contributed by atoms with van der Waals surface area (Å²) in [6, 6.07) is 9.42. The first-order valence-electron chi connectivity index (χ1n) is 10.2. The number of esters is 1. The Labute approximate surface area is 204 Å². The van der Waals surface area contributed by atoms with Gasteiger partial charge in [-0.15, -0.1) is 0 Å². The van der Waals surface area contributed by atoms with E-state index in [0.29, 0.717) is 34.3 Å². The number of hydrogen-bond donors (Lipinski definition) is 1. The molecule has 7 nitrogen and oxygen atoms in total. The lowest BCUT2D eigenvalue weighted by Gasteiger charge is -2.20. The Hall–Kier alpha value is -2.39. The maximum atomic E-state index is 12.9. The largest absolute Gasteiger partial charge is 0.449 e. The summed E-state index contributed by atoms with van der Waals surface area (Å²) in [4.78, 5) is 24.7. The van der Waals surface area contributed by atoms with E-state index in [-0.39, 0.29) is 10.6 Å². The molecule has 0 radical (unpaired) electrons. The lowest BCUT2D eigenvalue weighted by atomic mass is 10.2. The summed E-state index contributed by atoms with van der Waals surface area (Å²) < 4.78 is 32.2. The van der Waals surface area contributed by atoms with Gasteiger partial charge < -0.3 is 10.1 Å². The molecule has 0 aliphatic heterocycles. The monoisotopic (exact) mass is 512 g/mol. The molecular formula is C23H26Cl2N2O5S. The highest BCUT2D eigenvalue weighted by Crippen LogP contribution is 2.24. The van der Waals surface area contributed by atoms with Gasteiger partial charge in [0.05, 0.1) is 4.90 Å². The number of amides is 1. The smallest absolute Gasteiger partial charge is 0.331 e. The molecule has 1 amide bonds. The van der Waals surface area contributed by atoms with E-state index in [0.717, 1.165) is 6.08 Å². The maximum Gasteiger partial charge on any atom is 0.331 e. The molecule has 0 aromatic heterocycles. The minimum absolute atomic E-state index is 0.108. The summed E-state index contributed by atoms with van der Waals surface area (Å²) in [5, 5.41) is 3.43. The number of ether oxygens (including phenoxy) is 1. The van der Waals surface area contributed by atoms with E-state index in [1.54, 1.807) is 51.1 Å². The van der Waals surface area contributed by atoms with E-state index in [1.165, 1.54) is 23.4 Å². The first-order chi connectivity index (χ1) is 15.5. The molecule has 2 aromatic carbocycles. The molecule has 1 atom stereocenters. The van der Waals surface area contributed by atoms with Gasteiger partial charge in [-0.25, -0.2) is 13.2 Å². The zero-order valence-corrected chi connectivity index (χ0v) is 21.1. The average Bonchev–Trinajstić information content (AvgIpc) is 2.74. The van der Waals surface area contributed by atoms with Crippen LogP contribution in [0.25, 0.3) is 6.08 Å². The first-order valence-corrected chi connectivity index (χ1v) is 12.4. The Kier molecular flexibility index (Phi) is 9.48. The summed E-state index contributed by atoms with van der Waals surface area (Å²) in [5.74, 6) is -1.34. The minimum Gasteiger partial charge on any atom is -0.449 e. The van der Waals surface area contributed by atoms with Gasteiger partial charge in [0.2, 0.25) is 10.0 Å². The van der Waals surface area contributed by atoms with Crippen LogP contribution in [-0.4, -0.2) is 43.8 Å². The van der Waals surface area contributed by atoms with Crippen molar-refractivity contribution in [1.82, 2.24) is 4.31 Å². The second kappa shape index (κ2) is 11.7. The van der Waals surface area contributed by atoms with Crippen molar-refractivity contribution < 1.29 is 22.7 Å². The van der Waals surface area contributed by atoms with E-state index in [4.69, 9.17) is 27.9 Å². The van der Waals surface area contributed by atoms with Gasteiger partial charge in [0.25, 0.3) is 5.91 Å². The third kappa shape index (κ3) is 7.04. The molecule has 0 aliphatic carbocycles. The number of benzene rings is 2. The fourth-order valence-electron chi connectivity index (χ4n) is 2.96. The van der Waals surface area contributed by atoms with Gasteiger partial charge >= 0.3 is 5.97 Å². The van der Waals surface area contributed by atoms with Crippen LogP contribution in [0.2, 0.25) is 10.0 Å². The second-order valence-corrected chi connectivity index (χ2v) is 9.89. The topological polar surface area (TPSA) is 92.8 Å². The molecule has 0 spiro atoms. The number of nitrogens with zero attached hydrogens (tertiary/aromatic N) is 1. The van der Waals surface area contributed by atoms with Crippen molar-refractivity contribution in [1.29, 1.82) is 0 Å². The Morgan fingerprint density at radius 2 is 1.79 bits per heavy atom. The van der Waals surface area contributed by atoms with Crippen molar-refractivity contribution in [2.24, 2.45) is 0 Å². The SMILES string of the molecule is CCN(CC)S(=O)(=O)c1cc(NC(=O)C(C)OC(=O)/C=C/c2ccc(Cl)cc2Cl)ccc1C. The fourth-order valence-corrected chi connectivity index (χ4v) is 5.14. The first kappa shape index (κ1) is 26.9. The molecule has 0 saturated carbocycles. The predicted molar refractivity (Wildman–Crippen MR) is 131 cm³/mol. The molecular weight excluding hydrogens is 487 g/mol. The van der Waals surface area contributed by atoms with Crippen LogP contribution in [-0.2, 0) is 24.3 Å². The van der Waals surface area contributed by atoms with Gasteiger partial charge in [0, 0.05) is 34.9 Å². The average molecular weight is 513 g/mol. The van der Waals surface area contributed by atoms with E-state index in [9.17, 15) is 18.0 Å². The van der Waals surface area contributed by atoms with Crippen molar-refractivity contribution in [2.45, 2.75) is 38.7 Å². The molecule has 1 N–H and O–H groups in total. The molecule has 0 bridgehead atoms. The third-order valence-corrected chi connectivity index (χ3v) is 7.56. The normalized spacial score (nSPS) is 12.7.